The second-order valence-corrected chi connectivity index (χ2v) is 7.89. The highest BCUT2D eigenvalue weighted by atomic mass is 19.1. The topological polar surface area (TPSA) is 70.6 Å². The van der Waals surface area contributed by atoms with Crippen LogP contribution >= 0.6 is 0 Å². The molecule has 0 saturated carbocycles. The van der Waals surface area contributed by atoms with Crippen molar-refractivity contribution in [3.8, 4) is 11.1 Å². The number of hydrogen-bond donors (Lipinski definition) is 2. The molecule has 2 amide bonds. The Hall–Kier alpha value is -4.58. The Kier molecular flexibility index (Phi) is 7.76. The van der Waals surface area contributed by atoms with Crippen molar-refractivity contribution in [1.29, 1.82) is 0 Å². The third-order valence-corrected chi connectivity index (χ3v) is 5.35. The number of carbonyl (C=O) groups excluding carboxylic acids is 2. The van der Waals surface area contributed by atoms with Gasteiger partial charge in [0.05, 0.1) is 12.3 Å². The zero-order valence-electron chi connectivity index (χ0n) is 18.9. The van der Waals surface area contributed by atoms with Crippen LogP contribution in [-0.2, 0) is 11.2 Å². The standard InChI is InChI=1S/C29H24FN3O2/c30-26-13-7-12-25(19-26)29(35)31-20-28(34)33-32-27(18-21-8-3-1-4-9-21)24-16-14-23(15-17-24)22-10-5-2-6-11-22/h1-17,19H,18,20H2,(H,31,35)(H,33,34)/b32-27+. The number of halogens is 1. The first-order valence-electron chi connectivity index (χ1n) is 11.2. The van der Waals surface area contributed by atoms with Gasteiger partial charge in [-0.2, -0.15) is 5.10 Å². The van der Waals surface area contributed by atoms with E-state index < -0.39 is 17.6 Å². The van der Waals surface area contributed by atoms with E-state index in [9.17, 15) is 14.0 Å². The maximum Gasteiger partial charge on any atom is 0.259 e. The molecule has 0 heterocycles. The summed E-state index contributed by atoms with van der Waals surface area (Å²) >= 11 is 0. The number of nitrogens with one attached hydrogen (secondary N) is 2. The molecular weight excluding hydrogens is 441 g/mol. The van der Waals surface area contributed by atoms with E-state index in [2.05, 4.69) is 15.8 Å². The van der Waals surface area contributed by atoms with E-state index in [1.54, 1.807) is 0 Å². The van der Waals surface area contributed by atoms with Gasteiger partial charge < -0.3 is 5.32 Å². The van der Waals surface area contributed by atoms with Gasteiger partial charge in [-0.1, -0.05) is 91.0 Å². The maximum atomic E-state index is 13.3. The molecule has 6 heteroatoms. The Labute approximate surface area is 203 Å². The monoisotopic (exact) mass is 465 g/mol. The molecule has 0 spiro atoms. The molecule has 0 atom stereocenters. The van der Waals surface area contributed by atoms with Crippen LogP contribution in [0, 0.1) is 5.82 Å². The van der Waals surface area contributed by atoms with Crippen LogP contribution in [0.5, 0.6) is 0 Å². The van der Waals surface area contributed by atoms with Gasteiger partial charge in [-0.05, 0) is 40.5 Å². The van der Waals surface area contributed by atoms with Crippen molar-refractivity contribution >= 4 is 17.5 Å². The third-order valence-electron chi connectivity index (χ3n) is 5.35. The molecule has 0 aliphatic carbocycles. The van der Waals surface area contributed by atoms with Crippen molar-refractivity contribution in [3.05, 3.63) is 132 Å². The Morgan fingerprint density at radius 1 is 0.714 bits per heavy atom. The van der Waals surface area contributed by atoms with Gasteiger partial charge in [-0.3, -0.25) is 9.59 Å². The van der Waals surface area contributed by atoms with E-state index in [0.29, 0.717) is 12.1 Å². The molecule has 0 fully saturated rings. The van der Waals surface area contributed by atoms with Gasteiger partial charge in [0.25, 0.3) is 11.8 Å². The third kappa shape index (κ3) is 6.71. The lowest BCUT2D eigenvalue weighted by Gasteiger charge is -2.10. The van der Waals surface area contributed by atoms with Crippen molar-refractivity contribution < 1.29 is 14.0 Å². The van der Waals surface area contributed by atoms with Gasteiger partial charge in [0, 0.05) is 12.0 Å². The molecule has 0 aromatic heterocycles. The highest BCUT2D eigenvalue weighted by molar-refractivity contribution is 6.03. The van der Waals surface area contributed by atoms with Crippen LogP contribution < -0.4 is 10.7 Å². The minimum atomic E-state index is -0.537. The van der Waals surface area contributed by atoms with E-state index >= 15 is 0 Å². The fourth-order valence-corrected chi connectivity index (χ4v) is 3.54. The molecule has 4 aromatic rings. The lowest BCUT2D eigenvalue weighted by Crippen LogP contribution is -2.35. The number of nitrogens with zero attached hydrogens (tertiary/aromatic N) is 1. The highest BCUT2D eigenvalue weighted by Crippen LogP contribution is 2.20. The van der Waals surface area contributed by atoms with Crippen LogP contribution in [0.1, 0.15) is 21.5 Å². The summed E-state index contributed by atoms with van der Waals surface area (Å²) in [5, 5.41) is 6.84. The van der Waals surface area contributed by atoms with Crippen LogP contribution in [0.2, 0.25) is 0 Å². The van der Waals surface area contributed by atoms with E-state index in [1.165, 1.54) is 18.2 Å². The molecular formula is C29H24FN3O2. The summed E-state index contributed by atoms with van der Waals surface area (Å²) in [6.45, 7) is -0.287. The fourth-order valence-electron chi connectivity index (χ4n) is 3.54. The molecule has 0 radical (unpaired) electrons. The van der Waals surface area contributed by atoms with Gasteiger partial charge in [-0.15, -0.1) is 0 Å². The Bertz CT molecular complexity index is 1320. The first kappa shape index (κ1) is 23.6. The maximum absolute atomic E-state index is 13.3. The number of amides is 2. The first-order valence-corrected chi connectivity index (χ1v) is 11.2. The number of rotatable bonds is 8. The summed E-state index contributed by atoms with van der Waals surface area (Å²) in [6.07, 6.45) is 0.515. The zero-order valence-corrected chi connectivity index (χ0v) is 18.9. The van der Waals surface area contributed by atoms with E-state index in [0.717, 1.165) is 28.3 Å². The van der Waals surface area contributed by atoms with Crippen molar-refractivity contribution in [2.24, 2.45) is 5.10 Å². The van der Waals surface area contributed by atoms with Gasteiger partial charge in [0.15, 0.2) is 0 Å². The largest absolute Gasteiger partial charge is 0.343 e. The van der Waals surface area contributed by atoms with Crippen LogP contribution in [0.4, 0.5) is 4.39 Å². The van der Waals surface area contributed by atoms with Gasteiger partial charge in [0.1, 0.15) is 5.82 Å². The summed E-state index contributed by atoms with van der Waals surface area (Å²) in [5.74, 6) is -1.54. The van der Waals surface area contributed by atoms with E-state index in [1.807, 2.05) is 84.9 Å². The fraction of sp³-hybridized carbons (Fsp3) is 0.0690. The second-order valence-electron chi connectivity index (χ2n) is 7.89. The quantitative estimate of drug-likeness (QED) is 0.284. The zero-order chi connectivity index (χ0) is 24.5. The molecule has 4 rings (SSSR count). The minimum Gasteiger partial charge on any atom is -0.343 e. The lowest BCUT2D eigenvalue weighted by atomic mass is 9.99. The smallest absolute Gasteiger partial charge is 0.259 e. The Morgan fingerprint density at radius 2 is 1.37 bits per heavy atom. The van der Waals surface area contributed by atoms with Crippen molar-refractivity contribution in [1.82, 2.24) is 10.7 Å². The van der Waals surface area contributed by atoms with Crippen LogP contribution in [-0.4, -0.2) is 24.1 Å². The average molecular weight is 466 g/mol. The molecule has 174 valence electrons. The SMILES string of the molecule is O=C(CNC(=O)c1cccc(F)c1)N/N=C(\Cc1ccccc1)c1ccc(-c2ccccc2)cc1. The van der Waals surface area contributed by atoms with Crippen molar-refractivity contribution in [2.45, 2.75) is 6.42 Å². The van der Waals surface area contributed by atoms with Gasteiger partial charge in [0.2, 0.25) is 0 Å². The molecule has 0 aliphatic heterocycles. The molecule has 4 aromatic carbocycles. The summed E-state index contributed by atoms with van der Waals surface area (Å²) in [7, 11) is 0. The predicted octanol–water partition coefficient (Wildman–Crippen LogP) is 4.99. The normalized spacial score (nSPS) is 11.1. The predicted molar refractivity (Wildman–Crippen MR) is 135 cm³/mol. The summed E-state index contributed by atoms with van der Waals surface area (Å²) < 4.78 is 13.3. The molecule has 35 heavy (non-hydrogen) atoms. The van der Waals surface area contributed by atoms with Crippen LogP contribution in [0.25, 0.3) is 11.1 Å². The molecule has 0 aliphatic rings. The van der Waals surface area contributed by atoms with E-state index in [-0.39, 0.29) is 12.1 Å². The second kappa shape index (κ2) is 11.5. The summed E-state index contributed by atoms with van der Waals surface area (Å²) in [6, 6.07) is 33.2. The number of carbonyl (C=O) groups is 2. The van der Waals surface area contributed by atoms with Crippen molar-refractivity contribution in [2.75, 3.05) is 6.54 Å². The highest BCUT2D eigenvalue weighted by Gasteiger charge is 2.11. The molecule has 5 nitrogen and oxygen atoms in total. The summed E-state index contributed by atoms with van der Waals surface area (Å²) in [4.78, 5) is 24.5. The molecule has 0 saturated heterocycles. The lowest BCUT2D eigenvalue weighted by molar-refractivity contribution is -0.120. The number of hydrazone groups is 1. The van der Waals surface area contributed by atoms with Crippen LogP contribution in [0.15, 0.2) is 114 Å². The van der Waals surface area contributed by atoms with Gasteiger partial charge in [-0.25, -0.2) is 9.82 Å². The number of hydrogen-bond acceptors (Lipinski definition) is 3. The van der Waals surface area contributed by atoms with Crippen molar-refractivity contribution in [3.63, 3.8) is 0 Å². The van der Waals surface area contributed by atoms with Crippen LogP contribution in [0.3, 0.4) is 0 Å². The van der Waals surface area contributed by atoms with Gasteiger partial charge >= 0.3 is 0 Å². The van der Waals surface area contributed by atoms with E-state index in [4.69, 9.17) is 0 Å². The molecule has 0 unspecified atom stereocenters. The molecule has 2 N–H and O–H groups in total. The Balaban J connectivity index is 1.46. The first-order chi connectivity index (χ1) is 17.1. The average Bonchev–Trinajstić information content (AvgIpc) is 2.91. The molecule has 0 bridgehead atoms. The number of benzene rings is 4. The minimum absolute atomic E-state index is 0.143. The summed E-state index contributed by atoms with van der Waals surface area (Å²) in [5.41, 5.74) is 7.47. The Morgan fingerprint density at radius 3 is 2.06 bits per heavy atom.